The van der Waals surface area contributed by atoms with Crippen LogP contribution in [0.15, 0.2) is 18.2 Å². The van der Waals surface area contributed by atoms with Gasteiger partial charge in [-0.2, -0.15) is 13.2 Å². The zero-order valence-electron chi connectivity index (χ0n) is 12.8. The molecule has 0 bridgehead atoms. The van der Waals surface area contributed by atoms with Crippen molar-refractivity contribution in [2.45, 2.75) is 33.0 Å². The van der Waals surface area contributed by atoms with Crippen LogP contribution >= 0.6 is 0 Å². The first-order valence-electron chi connectivity index (χ1n) is 7.41. The van der Waals surface area contributed by atoms with E-state index in [1.54, 1.807) is 19.2 Å². The Labute approximate surface area is 124 Å². The van der Waals surface area contributed by atoms with E-state index in [4.69, 9.17) is 0 Å². The Hall–Kier alpha value is -1.23. The Bertz CT molecular complexity index is 475. The largest absolute Gasteiger partial charge is 0.418 e. The van der Waals surface area contributed by atoms with Crippen molar-refractivity contribution in [1.82, 2.24) is 5.32 Å². The predicted molar refractivity (Wildman–Crippen MR) is 79.4 cm³/mol. The smallest absolute Gasteiger partial charge is 0.371 e. The normalized spacial score (nSPS) is 23.4. The average Bonchev–Trinajstić information content (AvgIpc) is 2.37. The summed E-state index contributed by atoms with van der Waals surface area (Å²) in [5.41, 5.74) is 0.462. The summed E-state index contributed by atoms with van der Waals surface area (Å²) in [6.07, 6.45) is -3.24. The minimum atomic E-state index is -4.32. The first-order chi connectivity index (χ1) is 9.81. The van der Waals surface area contributed by atoms with Gasteiger partial charge in [0.2, 0.25) is 0 Å². The maximum Gasteiger partial charge on any atom is 0.418 e. The van der Waals surface area contributed by atoms with Gasteiger partial charge in [-0.3, -0.25) is 0 Å². The Morgan fingerprint density at radius 2 is 1.81 bits per heavy atom. The Morgan fingerprint density at radius 1 is 1.19 bits per heavy atom. The minimum absolute atomic E-state index is 0.320. The highest BCUT2D eigenvalue weighted by molar-refractivity contribution is 5.57. The van der Waals surface area contributed by atoms with E-state index in [9.17, 15) is 13.2 Å². The molecule has 1 aromatic carbocycles. The van der Waals surface area contributed by atoms with E-state index >= 15 is 0 Å². The van der Waals surface area contributed by atoms with Crippen molar-refractivity contribution in [2.24, 2.45) is 11.8 Å². The number of anilines is 1. The molecule has 0 amide bonds. The van der Waals surface area contributed by atoms with Gasteiger partial charge in [-0.15, -0.1) is 0 Å². The molecule has 118 valence electrons. The molecular weight excluding hydrogens is 277 g/mol. The lowest BCUT2D eigenvalue weighted by Crippen LogP contribution is -2.39. The van der Waals surface area contributed by atoms with Gasteiger partial charge in [0, 0.05) is 25.3 Å². The molecule has 0 radical (unpaired) electrons. The fourth-order valence-corrected chi connectivity index (χ4v) is 3.26. The summed E-state index contributed by atoms with van der Waals surface area (Å²) >= 11 is 0. The summed E-state index contributed by atoms with van der Waals surface area (Å²) in [4.78, 5) is 1.89. The van der Waals surface area contributed by atoms with Crippen LogP contribution in [-0.4, -0.2) is 20.1 Å². The summed E-state index contributed by atoms with van der Waals surface area (Å²) in [7, 11) is 1.73. The number of nitrogens with one attached hydrogen (secondary N) is 1. The quantitative estimate of drug-likeness (QED) is 0.910. The van der Waals surface area contributed by atoms with Crippen LogP contribution in [0.5, 0.6) is 0 Å². The Balaban J connectivity index is 2.37. The highest BCUT2D eigenvalue weighted by atomic mass is 19.4. The highest BCUT2D eigenvalue weighted by Crippen LogP contribution is 2.39. The number of hydrogen-bond acceptors (Lipinski definition) is 2. The predicted octanol–water partition coefficient (Wildman–Crippen LogP) is 3.91. The lowest BCUT2D eigenvalue weighted by atomic mass is 9.91. The maximum atomic E-state index is 13.4. The molecule has 2 unspecified atom stereocenters. The monoisotopic (exact) mass is 300 g/mol. The van der Waals surface area contributed by atoms with E-state index in [0.29, 0.717) is 42.7 Å². The molecule has 0 aliphatic carbocycles. The number of nitrogens with zero attached hydrogens (tertiary/aromatic N) is 1. The van der Waals surface area contributed by atoms with Gasteiger partial charge in [-0.1, -0.05) is 19.9 Å². The van der Waals surface area contributed by atoms with Gasteiger partial charge in [0.15, 0.2) is 0 Å². The lowest BCUT2D eigenvalue weighted by molar-refractivity contribution is -0.137. The summed E-state index contributed by atoms with van der Waals surface area (Å²) in [6.45, 7) is 6.03. The third-order valence-electron chi connectivity index (χ3n) is 3.96. The zero-order chi connectivity index (χ0) is 15.6. The van der Waals surface area contributed by atoms with Crippen molar-refractivity contribution in [2.75, 3.05) is 25.0 Å². The first kappa shape index (κ1) is 16.1. The molecule has 1 N–H and O–H groups in total. The van der Waals surface area contributed by atoms with E-state index in [1.165, 1.54) is 6.07 Å². The lowest BCUT2D eigenvalue weighted by Gasteiger charge is -2.38. The van der Waals surface area contributed by atoms with Crippen LogP contribution < -0.4 is 10.2 Å². The van der Waals surface area contributed by atoms with Gasteiger partial charge < -0.3 is 10.2 Å². The van der Waals surface area contributed by atoms with E-state index < -0.39 is 11.7 Å². The zero-order valence-corrected chi connectivity index (χ0v) is 12.8. The van der Waals surface area contributed by atoms with Crippen LogP contribution in [0.2, 0.25) is 0 Å². The van der Waals surface area contributed by atoms with Crippen molar-refractivity contribution in [3.8, 4) is 0 Å². The molecule has 1 aliphatic rings. The molecule has 5 heteroatoms. The number of halogens is 3. The fourth-order valence-electron chi connectivity index (χ4n) is 3.26. The van der Waals surface area contributed by atoms with Gasteiger partial charge in [0.25, 0.3) is 0 Å². The molecule has 0 saturated carbocycles. The van der Waals surface area contributed by atoms with E-state index in [0.717, 1.165) is 6.42 Å². The number of benzene rings is 1. The first-order valence-corrected chi connectivity index (χ1v) is 7.41. The number of hydrogen-bond donors (Lipinski definition) is 1. The van der Waals surface area contributed by atoms with Crippen LogP contribution in [0.1, 0.15) is 31.4 Å². The second kappa shape index (κ2) is 6.26. The molecule has 1 aromatic rings. The van der Waals surface area contributed by atoms with Gasteiger partial charge in [0.1, 0.15) is 0 Å². The number of rotatable bonds is 3. The average molecular weight is 300 g/mol. The molecule has 0 spiro atoms. The van der Waals surface area contributed by atoms with Crippen molar-refractivity contribution < 1.29 is 13.2 Å². The number of piperidine rings is 1. The molecule has 21 heavy (non-hydrogen) atoms. The molecular formula is C16H23F3N2. The van der Waals surface area contributed by atoms with Crippen LogP contribution in [0.25, 0.3) is 0 Å². The summed E-state index contributed by atoms with van der Waals surface area (Å²) in [5.74, 6) is 0.846. The standard InChI is InChI=1S/C16H23F3N2/c1-11-6-12(2)10-21(9-11)15-5-4-13(8-20-3)7-14(15)16(17,18)19/h4-5,7,11-12,20H,6,8-10H2,1-3H3. The second-order valence-electron chi connectivity index (χ2n) is 6.23. The summed E-state index contributed by atoms with van der Waals surface area (Å²) in [5, 5.41) is 2.89. The van der Waals surface area contributed by atoms with Crippen LogP contribution in [0.4, 0.5) is 18.9 Å². The van der Waals surface area contributed by atoms with E-state index in [-0.39, 0.29) is 0 Å². The molecule has 0 aromatic heterocycles. The van der Waals surface area contributed by atoms with Crippen molar-refractivity contribution in [1.29, 1.82) is 0 Å². The summed E-state index contributed by atoms with van der Waals surface area (Å²) < 4.78 is 40.1. The van der Waals surface area contributed by atoms with Gasteiger partial charge in [-0.25, -0.2) is 0 Å². The van der Waals surface area contributed by atoms with E-state index in [2.05, 4.69) is 19.2 Å². The van der Waals surface area contributed by atoms with E-state index in [1.807, 2.05) is 4.90 Å². The molecule has 1 aliphatic heterocycles. The third-order valence-corrected chi connectivity index (χ3v) is 3.96. The maximum absolute atomic E-state index is 13.4. The SMILES string of the molecule is CNCc1ccc(N2CC(C)CC(C)C2)c(C(F)(F)F)c1. The van der Waals surface area contributed by atoms with Crippen LogP contribution in [-0.2, 0) is 12.7 Å². The fraction of sp³-hybridized carbons (Fsp3) is 0.625. The summed E-state index contributed by atoms with van der Waals surface area (Å²) in [6, 6.07) is 4.68. The third kappa shape index (κ3) is 3.90. The van der Waals surface area contributed by atoms with Crippen LogP contribution in [0, 0.1) is 11.8 Å². The molecule has 1 heterocycles. The van der Waals surface area contributed by atoms with Crippen LogP contribution in [0.3, 0.4) is 0 Å². The number of alkyl halides is 3. The molecule has 2 nitrogen and oxygen atoms in total. The molecule has 2 rings (SSSR count). The van der Waals surface area contributed by atoms with Gasteiger partial charge >= 0.3 is 6.18 Å². The van der Waals surface area contributed by atoms with Crippen molar-refractivity contribution in [3.63, 3.8) is 0 Å². The molecule has 1 saturated heterocycles. The molecule has 1 fully saturated rings. The van der Waals surface area contributed by atoms with Crippen molar-refractivity contribution in [3.05, 3.63) is 29.3 Å². The second-order valence-corrected chi connectivity index (χ2v) is 6.23. The van der Waals surface area contributed by atoms with Gasteiger partial charge in [0.05, 0.1) is 5.56 Å². The Kier molecular flexibility index (Phi) is 4.81. The Morgan fingerprint density at radius 3 is 2.33 bits per heavy atom. The highest BCUT2D eigenvalue weighted by Gasteiger charge is 2.36. The topological polar surface area (TPSA) is 15.3 Å². The van der Waals surface area contributed by atoms with Gasteiger partial charge in [-0.05, 0) is 43.0 Å². The molecule has 2 atom stereocenters. The van der Waals surface area contributed by atoms with Crippen molar-refractivity contribution >= 4 is 5.69 Å². The minimum Gasteiger partial charge on any atom is -0.371 e.